The molecule has 0 bridgehead atoms. The quantitative estimate of drug-likeness (QED) is 0.332. The van der Waals surface area contributed by atoms with E-state index < -0.39 is 0 Å². The molecule has 0 unspecified atom stereocenters. The lowest BCUT2D eigenvalue weighted by Crippen LogP contribution is -2.18. The number of benzene rings is 3. The third-order valence-corrected chi connectivity index (χ3v) is 4.86. The number of hydrogen-bond acceptors (Lipinski definition) is 5. The molecule has 0 radical (unpaired) electrons. The van der Waals surface area contributed by atoms with Crippen LogP contribution < -0.4 is 14.9 Å². The number of nitrogens with one attached hydrogen (secondary N) is 2. The first kappa shape index (κ1) is 20.9. The number of rotatable bonds is 7. The van der Waals surface area contributed by atoms with Gasteiger partial charge in [-0.15, -0.1) is 0 Å². The number of para-hydroxylation sites is 1. The summed E-state index contributed by atoms with van der Waals surface area (Å²) in [6.45, 7) is 0. The number of hydrogen-bond donors (Lipinski definition) is 2. The van der Waals surface area contributed by atoms with Crippen LogP contribution >= 0.6 is 0 Å². The number of ether oxygens (including phenoxy) is 2. The molecule has 4 rings (SSSR count). The van der Waals surface area contributed by atoms with Gasteiger partial charge in [0, 0.05) is 17.1 Å². The molecule has 7 heteroatoms. The molecule has 0 spiro atoms. The molecule has 0 aliphatic carbocycles. The number of aliphatic imine (C=N–C) groups is 1. The Labute approximate surface area is 185 Å². The van der Waals surface area contributed by atoms with Crippen molar-refractivity contribution >= 4 is 34.9 Å². The lowest BCUT2D eigenvalue weighted by atomic mass is 10.2. The second-order valence-electron chi connectivity index (χ2n) is 6.90. The van der Waals surface area contributed by atoms with Crippen molar-refractivity contribution in [2.45, 2.75) is 0 Å². The van der Waals surface area contributed by atoms with Crippen LogP contribution in [0.2, 0.25) is 0 Å². The van der Waals surface area contributed by atoms with Gasteiger partial charge in [-0.05, 0) is 65.7 Å². The topological polar surface area (TPSA) is 88.1 Å². The van der Waals surface area contributed by atoms with Gasteiger partial charge in [0.2, 0.25) is 0 Å². The highest BCUT2D eigenvalue weighted by atomic mass is 16.5. The van der Waals surface area contributed by atoms with E-state index in [0.717, 1.165) is 33.5 Å². The minimum Gasteiger partial charge on any atom is -0.497 e. The zero-order chi connectivity index (χ0) is 22.3. The van der Waals surface area contributed by atoms with Crippen LogP contribution in [-0.2, 0) is 0 Å². The lowest BCUT2D eigenvalue weighted by molar-refractivity contribution is 0.0951. The highest BCUT2D eigenvalue weighted by molar-refractivity contribution is 6.08. The molecule has 7 nitrogen and oxygen atoms in total. The number of hydrazone groups is 1. The van der Waals surface area contributed by atoms with E-state index in [1.165, 1.54) is 0 Å². The molecule has 32 heavy (non-hydrogen) atoms. The van der Waals surface area contributed by atoms with Crippen LogP contribution in [0.15, 0.2) is 82.9 Å². The van der Waals surface area contributed by atoms with Crippen LogP contribution in [0.3, 0.4) is 0 Å². The maximum absolute atomic E-state index is 12.9. The zero-order valence-electron chi connectivity index (χ0n) is 17.7. The average Bonchev–Trinajstić information content (AvgIpc) is 3.22. The summed E-state index contributed by atoms with van der Waals surface area (Å²) in [7, 11) is 3.23. The van der Waals surface area contributed by atoms with Crippen molar-refractivity contribution in [1.82, 2.24) is 10.4 Å². The summed E-state index contributed by atoms with van der Waals surface area (Å²) < 4.78 is 10.3. The second kappa shape index (κ2) is 9.61. The summed E-state index contributed by atoms with van der Waals surface area (Å²) in [5, 5.41) is 4.92. The van der Waals surface area contributed by atoms with Gasteiger partial charge in [-0.3, -0.25) is 9.79 Å². The molecular weight excluding hydrogens is 404 g/mol. The molecule has 4 aromatic rings. The average molecular weight is 426 g/mol. The van der Waals surface area contributed by atoms with Crippen LogP contribution in [0.5, 0.6) is 11.5 Å². The number of aromatic nitrogens is 1. The van der Waals surface area contributed by atoms with Crippen molar-refractivity contribution < 1.29 is 14.3 Å². The van der Waals surface area contributed by atoms with E-state index in [0.29, 0.717) is 11.4 Å². The van der Waals surface area contributed by atoms with E-state index in [1.54, 1.807) is 26.6 Å². The fraction of sp³-hybridized carbons (Fsp3) is 0.0800. The second-order valence-corrected chi connectivity index (χ2v) is 6.90. The molecule has 3 aromatic carbocycles. The SMILES string of the molecule is COc1ccc(C=Nc2c(C(=O)N/N=C/c3ccc(OC)cc3)[nH]c3ccccc23)cc1. The van der Waals surface area contributed by atoms with Crippen molar-refractivity contribution in [2.75, 3.05) is 14.2 Å². The Balaban J connectivity index is 1.57. The van der Waals surface area contributed by atoms with E-state index in [-0.39, 0.29) is 5.91 Å². The number of aromatic amines is 1. The highest BCUT2D eigenvalue weighted by Gasteiger charge is 2.16. The fourth-order valence-electron chi connectivity index (χ4n) is 3.17. The van der Waals surface area contributed by atoms with E-state index >= 15 is 0 Å². The molecule has 0 saturated heterocycles. The third-order valence-electron chi connectivity index (χ3n) is 4.86. The Bertz CT molecular complexity index is 1270. The van der Waals surface area contributed by atoms with E-state index in [4.69, 9.17) is 9.47 Å². The van der Waals surface area contributed by atoms with Crippen LogP contribution in [0, 0.1) is 0 Å². The molecular formula is C25H22N4O3. The predicted octanol–water partition coefficient (Wildman–Crippen LogP) is 4.70. The van der Waals surface area contributed by atoms with E-state index in [2.05, 4.69) is 20.5 Å². The minimum absolute atomic E-state index is 0.336. The van der Waals surface area contributed by atoms with Crippen molar-refractivity contribution in [2.24, 2.45) is 10.1 Å². The minimum atomic E-state index is -0.382. The number of carbonyl (C=O) groups is 1. The first-order valence-electron chi connectivity index (χ1n) is 9.94. The number of methoxy groups -OCH3 is 2. The van der Waals surface area contributed by atoms with Gasteiger partial charge in [0.1, 0.15) is 22.9 Å². The van der Waals surface area contributed by atoms with Crippen LogP contribution in [0.25, 0.3) is 10.9 Å². The number of fused-ring (bicyclic) bond motifs is 1. The maximum atomic E-state index is 12.9. The van der Waals surface area contributed by atoms with Gasteiger partial charge in [-0.1, -0.05) is 18.2 Å². The highest BCUT2D eigenvalue weighted by Crippen LogP contribution is 2.30. The Morgan fingerprint density at radius 1 is 0.844 bits per heavy atom. The summed E-state index contributed by atoms with van der Waals surface area (Å²) in [6, 6.07) is 22.5. The lowest BCUT2D eigenvalue weighted by Gasteiger charge is -2.01. The summed E-state index contributed by atoms with van der Waals surface area (Å²) in [5.74, 6) is 1.14. The first-order valence-corrected chi connectivity index (χ1v) is 9.94. The third kappa shape index (κ3) is 4.67. The summed E-state index contributed by atoms with van der Waals surface area (Å²) in [6.07, 6.45) is 3.28. The smallest absolute Gasteiger partial charge is 0.290 e. The monoisotopic (exact) mass is 426 g/mol. The Hall–Kier alpha value is -4.39. The van der Waals surface area contributed by atoms with Gasteiger partial charge in [-0.2, -0.15) is 5.10 Å². The molecule has 1 aromatic heterocycles. The molecule has 0 fully saturated rings. The summed E-state index contributed by atoms with van der Waals surface area (Å²) >= 11 is 0. The Kier molecular flexibility index (Phi) is 6.27. The largest absolute Gasteiger partial charge is 0.497 e. The molecule has 1 heterocycles. The van der Waals surface area contributed by atoms with Gasteiger partial charge >= 0.3 is 0 Å². The predicted molar refractivity (Wildman–Crippen MR) is 127 cm³/mol. The van der Waals surface area contributed by atoms with Gasteiger partial charge in [0.15, 0.2) is 0 Å². The maximum Gasteiger partial charge on any atom is 0.290 e. The summed E-state index contributed by atoms with van der Waals surface area (Å²) in [4.78, 5) is 20.6. The number of nitrogens with zero attached hydrogens (tertiary/aromatic N) is 2. The molecule has 160 valence electrons. The van der Waals surface area contributed by atoms with Gasteiger partial charge < -0.3 is 14.5 Å². The molecule has 0 atom stereocenters. The molecule has 0 aliphatic rings. The van der Waals surface area contributed by atoms with E-state index in [9.17, 15) is 4.79 Å². The van der Waals surface area contributed by atoms with Crippen molar-refractivity contribution in [3.05, 3.63) is 89.6 Å². The van der Waals surface area contributed by atoms with Crippen LogP contribution in [0.1, 0.15) is 21.6 Å². The van der Waals surface area contributed by atoms with Gasteiger partial charge in [0.05, 0.1) is 20.4 Å². The molecule has 0 aliphatic heterocycles. The van der Waals surface area contributed by atoms with Gasteiger partial charge in [-0.25, -0.2) is 5.43 Å². The molecule has 0 saturated carbocycles. The number of amides is 1. The Morgan fingerprint density at radius 2 is 1.44 bits per heavy atom. The fourth-order valence-corrected chi connectivity index (χ4v) is 3.17. The van der Waals surface area contributed by atoms with Crippen molar-refractivity contribution in [1.29, 1.82) is 0 Å². The number of H-pyrrole nitrogens is 1. The normalized spacial score (nSPS) is 11.3. The van der Waals surface area contributed by atoms with Crippen molar-refractivity contribution in [3.63, 3.8) is 0 Å². The van der Waals surface area contributed by atoms with Gasteiger partial charge in [0.25, 0.3) is 5.91 Å². The van der Waals surface area contributed by atoms with Crippen molar-refractivity contribution in [3.8, 4) is 11.5 Å². The van der Waals surface area contributed by atoms with E-state index in [1.807, 2.05) is 72.8 Å². The Morgan fingerprint density at radius 3 is 2.06 bits per heavy atom. The standard InChI is InChI=1S/C25H22N4O3/c1-31-19-11-7-17(8-12-19)15-26-23-21-5-3-4-6-22(21)28-24(23)25(30)29-27-16-18-9-13-20(32-2)14-10-18/h3-16,28H,1-2H3,(H,29,30)/b26-15?,27-16+. The molecule has 1 amide bonds. The first-order chi connectivity index (χ1) is 15.7. The zero-order valence-corrected chi connectivity index (χ0v) is 17.7. The summed E-state index contributed by atoms with van der Waals surface area (Å²) in [5.41, 5.74) is 5.99. The van der Waals surface area contributed by atoms with Crippen LogP contribution in [0.4, 0.5) is 5.69 Å². The molecule has 2 N–H and O–H groups in total. The van der Waals surface area contributed by atoms with Crippen LogP contribution in [-0.4, -0.2) is 37.5 Å². The number of carbonyl (C=O) groups excluding carboxylic acids is 1.